The Hall–Kier alpha value is -0.120. The van der Waals surface area contributed by atoms with Crippen LogP contribution in [0, 0.1) is 0 Å². The second kappa shape index (κ2) is 7.46. The summed E-state index contributed by atoms with van der Waals surface area (Å²) in [6, 6.07) is 0.625. The van der Waals surface area contributed by atoms with Crippen molar-refractivity contribution in [1.29, 1.82) is 0 Å². The minimum atomic E-state index is 0.341. The van der Waals surface area contributed by atoms with Crippen LogP contribution in [-0.2, 0) is 0 Å². The number of hydrogen-bond donors (Lipinski definition) is 1. The zero-order chi connectivity index (χ0) is 13.6. The predicted molar refractivity (Wildman–Crippen MR) is 80.1 cm³/mol. The van der Waals surface area contributed by atoms with Crippen LogP contribution in [0.2, 0.25) is 0 Å². The second-order valence-electron chi connectivity index (χ2n) is 6.82. The fourth-order valence-electron chi connectivity index (χ4n) is 2.49. The van der Waals surface area contributed by atoms with Gasteiger partial charge in [-0.2, -0.15) is 0 Å². The molecule has 108 valence electrons. The van der Waals surface area contributed by atoms with Gasteiger partial charge in [0.2, 0.25) is 0 Å². The second-order valence-corrected chi connectivity index (χ2v) is 6.82. The van der Waals surface area contributed by atoms with Gasteiger partial charge in [-0.05, 0) is 46.7 Å². The SMILES string of the molecule is CC(C)NCCCCN1CCN(C(C)(C)C)CC1. The molecule has 0 aromatic heterocycles. The first-order valence-electron chi connectivity index (χ1n) is 7.60. The molecule has 0 unspecified atom stereocenters. The van der Waals surface area contributed by atoms with Crippen molar-refractivity contribution in [1.82, 2.24) is 15.1 Å². The summed E-state index contributed by atoms with van der Waals surface area (Å²) in [7, 11) is 0. The fraction of sp³-hybridized carbons (Fsp3) is 1.00. The maximum absolute atomic E-state index is 3.48. The van der Waals surface area contributed by atoms with Gasteiger partial charge in [0, 0.05) is 37.8 Å². The summed E-state index contributed by atoms with van der Waals surface area (Å²) < 4.78 is 0. The van der Waals surface area contributed by atoms with Crippen molar-refractivity contribution in [3.63, 3.8) is 0 Å². The van der Waals surface area contributed by atoms with E-state index in [2.05, 4.69) is 49.7 Å². The predicted octanol–water partition coefficient (Wildman–Crippen LogP) is 2.18. The van der Waals surface area contributed by atoms with E-state index < -0.39 is 0 Å². The van der Waals surface area contributed by atoms with Crippen molar-refractivity contribution in [2.75, 3.05) is 39.3 Å². The number of nitrogens with one attached hydrogen (secondary N) is 1. The van der Waals surface area contributed by atoms with E-state index in [1.54, 1.807) is 0 Å². The molecular formula is C15H33N3. The molecule has 0 atom stereocenters. The third kappa shape index (κ3) is 6.17. The molecule has 0 aliphatic carbocycles. The van der Waals surface area contributed by atoms with Gasteiger partial charge in [-0.25, -0.2) is 0 Å². The Balaban J connectivity index is 2.06. The van der Waals surface area contributed by atoms with E-state index in [0.29, 0.717) is 11.6 Å². The molecule has 3 heteroatoms. The van der Waals surface area contributed by atoms with Gasteiger partial charge < -0.3 is 10.2 Å². The molecule has 3 nitrogen and oxygen atoms in total. The lowest BCUT2D eigenvalue weighted by Crippen LogP contribution is -2.53. The molecule has 1 aliphatic rings. The fourth-order valence-corrected chi connectivity index (χ4v) is 2.49. The van der Waals surface area contributed by atoms with Crippen LogP contribution in [0.4, 0.5) is 0 Å². The Morgan fingerprint density at radius 1 is 1.00 bits per heavy atom. The van der Waals surface area contributed by atoms with Crippen molar-refractivity contribution in [2.24, 2.45) is 0 Å². The zero-order valence-electron chi connectivity index (χ0n) is 13.1. The number of nitrogens with zero attached hydrogens (tertiary/aromatic N) is 2. The van der Waals surface area contributed by atoms with Crippen LogP contribution >= 0.6 is 0 Å². The van der Waals surface area contributed by atoms with Crippen molar-refractivity contribution in [3.8, 4) is 0 Å². The van der Waals surface area contributed by atoms with Gasteiger partial charge in [-0.15, -0.1) is 0 Å². The van der Waals surface area contributed by atoms with Gasteiger partial charge in [0.1, 0.15) is 0 Å². The van der Waals surface area contributed by atoms with Crippen LogP contribution in [0.15, 0.2) is 0 Å². The van der Waals surface area contributed by atoms with E-state index in [-0.39, 0.29) is 0 Å². The highest BCUT2D eigenvalue weighted by atomic mass is 15.3. The quantitative estimate of drug-likeness (QED) is 0.734. The summed E-state index contributed by atoms with van der Waals surface area (Å²) in [6.45, 7) is 18.8. The molecule has 1 heterocycles. The number of rotatable bonds is 6. The molecule has 1 N–H and O–H groups in total. The molecule has 1 aliphatic heterocycles. The summed E-state index contributed by atoms with van der Waals surface area (Å²) in [5.74, 6) is 0. The van der Waals surface area contributed by atoms with Crippen LogP contribution in [0.5, 0.6) is 0 Å². The molecule has 0 amide bonds. The number of hydrogen-bond acceptors (Lipinski definition) is 3. The lowest BCUT2D eigenvalue weighted by molar-refractivity contribution is 0.0617. The summed E-state index contributed by atoms with van der Waals surface area (Å²) in [6.07, 6.45) is 2.63. The number of unbranched alkanes of at least 4 members (excludes halogenated alkanes) is 1. The Bertz CT molecular complexity index is 212. The largest absolute Gasteiger partial charge is 0.315 e. The van der Waals surface area contributed by atoms with Crippen molar-refractivity contribution < 1.29 is 0 Å². The Kier molecular flexibility index (Phi) is 6.61. The molecule has 0 bridgehead atoms. The van der Waals surface area contributed by atoms with E-state index in [4.69, 9.17) is 0 Å². The zero-order valence-corrected chi connectivity index (χ0v) is 13.1. The Labute approximate surface area is 114 Å². The lowest BCUT2D eigenvalue weighted by Gasteiger charge is -2.42. The first-order valence-corrected chi connectivity index (χ1v) is 7.60. The first kappa shape index (κ1) is 15.9. The monoisotopic (exact) mass is 255 g/mol. The van der Waals surface area contributed by atoms with E-state index in [1.807, 2.05) is 0 Å². The maximum Gasteiger partial charge on any atom is 0.0126 e. The normalized spacial score (nSPS) is 19.7. The van der Waals surface area contributed by atoms with E-state index >= 15 is 0 Å². The van der Waals surface area contributed by atoms with Gasteiger partial charge in [0.25, 0.3) is 0 Å². The highest BCUT2D eigenvalue weighted by Gasteiger charge is 2.25. The van der Waals surface area contributed by atoms with Gasteiger partial charge >= 0.3 is 0 Å². The molecule has 0 spiro atoms. The van der Waals surface area contributed by atoms with Crippen LogP contribution in [0.25, 0.3) is 0 Å². The summed E-state index contributed by atoms with van der Waals surface area (Å²) >= 11 is 0. The third-order valence-corrected chi connectivity index (χ3v) is 3.77. The first-order chi connectivity index (χ1) is 8.39. The van der Waals surface area contributed by atoms with Crippen molar-refractivity contribution in [2.45, 2.75) is 59.0 Å². The average Bonchev–Trinajstić information content (AvgIpc) is 2.27. The molecule has 0 saturated carbocycles. The molecule has 0 radical (unpaired) electrons. The van der Waals surface area contributed by atoms with Gasteiger partial charge in [-0.3, -0.25) is 4.90 Å². The third-order valence-electron chi connectivity index (χ3n) is 3.77. The minimum Gasteiger partial charge on any atom is -0.315 e. The summed E-state index contributed by atoms with van der Waals surface area (Å²) in [4.78, 5) is 5.22. The Morgan fingerprint density at radius 3 is 2.11 bits per heavy atom. The average molecular weight is 255 g/mol. The van der Waals surface area contributed by atoms with Crippen LogP contribution in [-0.4, -0.2) is 60.6 Å². The lowest BCUT2D eigenvalue weighted by atomic mass is 10.0. The molecule has 1 fully saturated rings. The van der Waals surface area contributed by atoms with Crippen molar-refractivity contribution in [3.05, 3.63) is 0 Å². The molecule has 0 aromatic rings. The van der Waals surface area contributed by atoms with Crippen LogP contribution in [0.1, 0.15) is 47.5 Å². The van der Waals surface area contributed by atoms with Crippen LogP contribution in [0.3, 0.4) is 0 Å². The van der Waals surface area contributed by atoms with Crippen LogP contribution < -0.4 is 5.32 Å². The van der Waals surface area contributed by atoms with Crippen molar-refractivity contribution >= 4 is 0 Å². The highest BCUT2D eigenvalue weighted by molar-refractivity contribution is 4.81. The standard InChI is InChI=1S/C15H33N3/c1-14(2)16-8-6-7-9-17-10-12-18(13-11-17)15(3,4)5/h14,16H,6-13H2,1-5H3. The smallest absolute Gasteiger partial charge is 0.0126 e. The molecule has 1 saturated heterocycles. The van der Waals surface area contributed by atoms with E-state index in [9.17, 15) is 0 Å². The molecule has 18 heavy (non-hydrogen) atoms. The maximum atomic E-state index is 3.48. The van der Waals surface area contributed by atoms with Gasteiger partial charge in [0.15, 0.2) is 0 Å². The van der Waals surface area contributed by atoms with E-state index in [0.717, 1.165) is 0 Å². The molecule has 0 aromatic carbocycles. The number of piperazine rings is 1. The summed E-state index contributed by atoms with van der Waals surface area (Å²) in [5.41, 5.74) is 0.341. The molecule has 1 rings (SSSR count). The van der Waals surface area contributed by atoms with Gasteiger partial charge in [-0.1, -0.05) is 13.8 Å². The highest BCUT2D eigenvalue weighted by Crippen LogP contribution is 2.15. The Morgan fingerprint density at radius 2 is 1.61 bits per heavy atom. The van der Waals surface area contributed by atoms with E-state index in [1.165, 1.54) is 52.1 Å². The minimum absolute atomic E-state index is 0.341. The summed E-state index contributed by atoms with van der Waals surface area (Å²) in [5, 5.41) is 3.48. The molecular weight excluding hydrogens is 222 g/mol. The topological polar surface area (TPSA) is 18.5 Å². The van der Waals surface area contributed by atoms with Gasteiger partial charge in [0.05, 0.1) is 0 Å².